The molecule has 1 heterocycles. The average Bonchev–Trinajstić information content (AvgIpc) is 2.88. The molecule has 0 amide bonds. The molecule has 0 aliphatic heterocycles. The number of carbonyl (C=O) groups is 1. The summed E-state index contributed by atoms with van der Waals surface area (Å²) in [6, 6.07) is 9.81. The normalized spacial score (nSPS) is 10.4. The van der Waals surface area contributed by atoms with Gasteiger partial charge in [0.15, 0.2) is 5.78 Å². The molecule has 18 heavy (non-hydrogen) atoms. The van der Waals surface area contributed by atoms with Crippen molar-refractivity contribution in [2.24, 2.45) is 0 Å². The molecule has 2 rings (SSSR count). The Morgan fingerprint density at radius 2 is 2.11 bits per heavy atom. The van der Waals surface area contributed by atoms with Crippen LogP contribution in [-0.2, 0) is 0 Å². The molecule has 1 aromatic heterocycles. The third-order valence-electron chi connectivity index (χ3n) is 2.64. The lowest BCUT2D eigenvalue weighted by Gasteiger charge is -2.05. The van der Waals surface area contributed by atoms with Gasteiger partial charge in [0.05, 0.1) is 16.5 Å². The van der Waals surface area contributed by atoms with Crippen LogP contribution in [0.2, 0.25) is 0 Å². The van der Waals surface area contributed by atoms with Crippen LogP contribution in [-0.4, -0.2) is 12.9 Å². The van der Waals surface area contributed by atoms with E-state index in [2.05, 4.69) is 15.9 Å². The standard InChI is InChI=1S/C14H13BrO2S/c1-3-11(16)14-7-6-13(18-14)9-4-5-10(15)12(8-9)17-2/h4-8H,3H2,1-2H3. The van der Waals surface area contributed by atoms with Crippen LogP contribution >= 0.6 is 27.3 Å². The highest BCUT2D eigenvalue weighted by molar-refractivity contribution is 9.10. The lowest BCUT2D eigenvalue weighted by molar-refractivity contribution is 0.0992. The molecule has 2 nitrogen and oxygen atoms in total. The van der Waals surface area contributed by atoms with Gasteiger partial charge in [-0.05, 0) is 45.8 Å². The predicted molar refractivity (Wildman–Crippen MR) is 78.6 cm³/mol. The maximum Gasteiger partial charge on any atom is 0.172 e. The molecule has 0 aliphatic carbocycles. The lowest BCUT2D eigenvalue weighted by atomic mass is 10.2. The third kappa shape index (κ3) is 2.65. The van der Waals surface area contributed by atoms with Crippen molar-refractivity contribution in [2.45, 2.75) is 13.3 Å². The van der Waals surface area contributed by atoms with E-state index in [9.17, 15) is 4.79 Å². The Bertz CT molecular complexity index is 575. The van der Waals surface area contributed by atoms with E-state index in [-0.39, 0.29) is 5.78 Å². The first-order valence-corrected chi connectivity index (χ1v) is 7.23. The number of rotatable bonds is 4. The van der Waals surface area contributed by atoms with Crippen LogP contribution in [0.1, 0.15) is 23.0 Å². The summed E-state index contributed by atoms with van der Waals surface area (Å²) in [5, 5.41) is 0. The number of ether oxygens (including phenoxy) is 1. The molecule has 0 aliphatic rings. The van der Waals surface area contributed by atoms with Gasteiger partial charge < -0.3 is 4.74 Å². The Hall–Kier alpha value is -1.13. The van der Waals surface area contributed by atoms with Crippen molar-refractivity contribution >= 4 is 33.0 Å². The van der Waals surface area contributed by atoms with Gasteiger partial charge in [-0.15, -0.1) is 11.3 Å². The summed E-state index contributed by atoms with van der Waals surface area (Å²) >= 11 is 4.95. The van der Waals surface area contributed by atoms with Crippen LogP contribution in [0.4, 0.5) is 0 Å². The van der Waals surface area contributed by atoms with Gasteiger partial charge >= 0.3 is 0 Å². The maximum absolute atomic E-state index is 11.6. The first-order chi connectivity index (χ1) is 8.65. The van der Waals surface area contributed by atoms with Crippen LogP contribution in [0.25, 0.3) is 10.4 Å². The number of thiophene rings is 1. The highest BCUT2D eigenvalue weighted by atomic mass is 79.9. The summed E-state index contributed by atoms with van der Waals surface area (Å²) in [6.07, 6.45) is 0.545. The molecule has 1 aromatic carbocycles. The molecule has 0 radical (unpaired) electrons. The van der Waals surface area contributed by atoms with E-state index in [1.807, 2.05) is 37.3 Å². The third-order valence-corrected chi connectivity index (χ3v) is 4.47. The van der Waals surface area contributed by atoms with Crippen molar-refractivity contribution in [2.75, 3.05) is 7.11 Å². The van der Waals surface area contributed by atoms with Crippen molar-refractivity contribution < 1.29 is 9.53 Å². The maximum atomic E-state index is 11.6. The van der Waals surface area contributed by atoms with E-state index < -0.39 is 0 Å². The molecule has 94 valence electrons. The zero-order valence-electron chi connectivity index (χ0n) is 10.2. The number of halogens is 1. The Morgan fingerprint density at radius 3 is 2.78 bits per heavy atom. The van der Waals surface area contributed by atoms with Gasteiger partial charge in [0.25, 0.3) is 0 Å². The van der Waals surface area contributed by atoms with Crippen LogP contribution in [0.5, 0.6) is 5.75 Å². The predicted octanol–water partition coefficient (Wildman–Crippen LogP) is 4.78. The number of ketones is 1. The molecule has 0 spiro atoms. The second-order valence-electron chi connectivity index (χ2n) is 3.79. The highest BCUT2D eigenvalue weighted by Crippen LogP contribution is 2.34. The monoisotopic (exact) mass is 324 g/mol. The van der Waals surface area contributed by atoms with Gasteiger partial charge in [-0.2, -0.15) is 0 Å². The molecule has 0 saturated heterocycles. The van der Waals surface area contributed by atoms with Crippen LogP contribution < -0.4 is 4.74 Å². The molecule has 0 bridgehead atoms. The second kappa shape index (κ2) is 5.67. The number of methoxy groups -OCH3 is 1. The minimum Gasteiger partial charge on any atom is -0.496 e. The van der Waals surface area contributed by atoms with E-state index in [1.54, 1.807) is 7.11 Å². The second-order valence-corrected chi connectivity index (χ2v) is 5.73. The molecular weight excluding hydrogens is 312 g/mol. The summed E-state index contributed by atoms with van der Waals surface area (Å²) in [6.45, 7) is 1.88. The summed E-state index contributed by atoms with van der Waals surface area (Å²) in [5.41, 5.74) is 1.07. The number of benzene rings is 1. The van der Waals surface area contributed by atoms with Crippen molar-refractivity contribution in [3.05, 3.63) is 39.7 Å². The van der Waals surface area contributed by atoms with Crippen LogP contribution in [0, 0.1) is 0 Å². The van der Waals surface area contributed by atoms with Gasteiger partial charge in [-0.1, -0.05) is 13.0 Å². The Morgan fingerprint density at radius 1 is 1.33 bits per heavy atom. The number of Topliss-reactive ketones (excluding diaryl/α,β-unsaturated/α-hetero) is 1. The summed E-state index contributed by atoms with van der Waals surface area (Å²) < 4.78 is 6.20. The van der Waals surface area contributed by atoms with E-state index in [1.165, 1.54) is 11.3 Å². The van der Waals surface area contributed by atoms with Gasteiger partial charge in [-0.25, -0.2) is 0 Å². The fraction of sp³-hybridized carbons (Fsp3) is 0.214. The molecule has 0 atom stereocenters. The molecular formula is C14H13BrO2S. The van der Waals surface area contributed by atoms with E-state index in [0.717, 1.165) is 25.5 Å². The molecule has 0 saturated carbocycles. The molecule has 0 unspecified atom stereocenters. The van der Waals surface area contributed by atoms with Crippen molar-refractivity contribution in [1.82, 2.24) is 0 Å². The Balaban J connectivity index is 2.37. The largest absolute Gasteiger partial charge is 0.496 e. The van der Waals surface area contributed by atoms with Gasteiger partial charge in [0.2, 0.25) is 0 Å². The van der Waals surface area contributed by atoms with Crippen molar-refractivity contribution in [3.8, 4) is 16.2 Å². The van der Waals surface area contributed by atoms with E-state index in [0.29, 0.717) is 6.42 Å². The topological polar surface area (TPSA) is 26.3 Å². The zero-order chi connectivity index (χ0) is 13.1. The minimum absolute atomic E-state index is 0.190. The SMILES string of the molecule is CCC(=O)c1ccc(-c2ccc(Br)c(OC)c2)s1. The van der Waals surface area contributed by atoms with Gasteiger partial charge in [0.1, 0.15) is 5.75 Å². The summed E-state index contributed by atoms with van der Waals surface area (Å²) in [7, 11) is 1.64. The summed E-state index contributed by atoms with van der Waals surface area (Å²) in [4.78, 5) is 13.5. The fourth-order valence-electron chi connectivity index (χ4n) is 1.63. The van der Waals surface area contributed by atoms with Crippen molar-refractivity contribution in [1.29, 1.82) is 0 Å². The van der Waals surface area contributed by atoms with Crippen LogP contribution in [0.15, 0.2) is 34.8 Å². The molecule has 2 aromatic rings. The highest BCUT2D eigenvalue weighted by Gasteiger charge is 2.10. The smallest absolute Gasteiger partial charge is 0.172 e. The molecule has 4 heteroatoms. The zero-order valence-corrected chi connectivity index (χ0v) is 12.6. The molecule has 0 fully saturated rings. The number of hydrogen-bond donors (Lipinski definition) is 0. The minimum atomic E-state index is 0.190. The van der Waals surface area contributed by atoms with Crippen molar-refractivity contribution in [3.63, 3.8) is 0 Å². The quantitative estimate of drug-likeness (QED) is 0.756. The number of hydrogen-bond acceptors (Lipinski definition) is 3. The lowest BCUT2D eigenvalue weighted by Crippen LogP contribution is -1.90. The van der Waals surface area contributed by atoms with Gasteiger partial charge in [0, 0.05) is 11.3 Å². The first-order valence-electron chi connectivity index (χ1n) is 5.62. The first kappa shape index (κ1) is 13.3. The van der Waals surface area contributed by atoms with Crippen LogP contribution in [0.3, 0.4) is 0 Å². The number of carbonyl (C=O) groups excluding carboxylic acids is 1. The molecule has 0 N–H and O–H groups in total. The fourth-order valence-corrected chi connectivity index (χ4v) is 3.05. The Kier molecular flexibility index (Phi) is 4.19. The summed E-state index contributed by atoms with van der Waals surface area (Å²) in [5.74, 6) is 0.986. The average molecular weight is 325 g/mol. The van der Waals surface area contributed by atoms with Gasteiger partial charge in [-0.3, -0.25) is 4.79 Å². The Labute approximate surface area is 119 Å². The van der Waals surface area contributed by atoms with E-state index >= 15 is 0 Å². The van der Waals surface area contributed by atoms with E-state index in [4.69, 9.17) is 4.74 Å².